The molecule has 1 unspecified atom stereocenters. The van der Waals surface area contributed by atoms with Gasteiger partial charge in [-0.3, -0.25) is 4.79 Å². The lowest BCUT2D eigenvalue weighted by Crippen LogP contribution is -2.54. The van der Waals surface area contributed by atoms with Crippen molar-refractivity contribution in [3.63, 3.8) is 0 Å². The fourth-order valence-electron chi connectivity index (χ4n) is 5.40. The van der Waals surface area contributed by atoms with E-state index in [-0.39, 0.29) is 22.4 Å². The molecule has 33 heavy (non-hydrogen) atoms. The van der Waals surface area contributed by atoms with Crippen molar-refractivity contribution < 1.29 is 13.2 Å². The number of hydrogen-bond donors (Lipinski definition) is 1. The molecule has 2 aliphatic rings. The number of benzene rings is 2. The number of carbonyl (C=O) groups is 1. The number of hydrogen-bond acceptors (Lipinski definition) is 4. The second kappa shape index (κ2) is 8.11. The molecule has 2 aromatic carbocycles. The van der Waals surface area contributed by atoms with Gasteiger partial charge in [0.15, 0.2) is 5.03 Å². The number of piperidine rings is 1. The van der Waals surface area contributed by atoms with Crippen LogP contribution in [0.5, 0.6) is 0 Å². The van der Waals surface area contributed by atoms with Crippen LogP contribution >= 0.6 is 0 Å². The van der Waals surface area contributed by atoms with Crippen molar-refractivity contribution >= 4 is 15.9 Å². The SMILES string of the molecule is Cc1cccc(C(=O)NC2Cc3ccccc3C23CCN(S(=O)(=O)c2cn(C)cn2)CC3)c1. The minimum Gasteiger partial charge on any atom is -0.348 e. The summed E-state index contributed by atoms with van der Waals surface area (Å²) in [6.45, 7) is 2.76. The first-order chi connectivity index (χ1) is 15.8. The number of nitrogens with one attached hydrogen (secondary N) is 1. The van der Waals surface area contributed by atoms with Crippen molar-refractivity contribution in [2.24, 2.45) is 7.05 Å². The van der Waals surface area contributed by atoms with Crippen molar-refractivity contribution in [2.45, 2.75) is 42.7 Å². The number of imidazole rings is 1. The molecule has 1 aromatic heterocycles. The van der Waals surface area contributed by atoms with Crippen LogP contribution in [0.15, 0.2) is 66.1 Å². The van der Waals surface area contributed by atoms with Crippen molar-refractivity contribution in [3.05, 3.63) is 83.3 Å². The average molecular weight is 465 g/mol. The predicted molar refractivity (Wildman–Crippen MR) is 125 cm³/mol. The van der Waals surface area contributed by atoms with Gasteiger partial charge in [0.1, 0.15) is 0 Å². The molecule has 8 heteroatoms. The Morgan fingerprint density at radius 1 is 1.12 bits per heavy atom. The molecule has 1 atom stereocenters. The first-order valence-electron chi connectivity index (χ1n) is 11.2. The van der Waals surface area contributed by atoms with Crippen LogP contribution < -0.4 is 5.32 Å². The third kappa shape index (κ3) is 3.77. The standard InChI is InChI=1S/C25H28N4O3S/c1-18-6-5-8-20(14-18)24(30)27-22-15-19-7-3-4-9-21(19)25(22)10-12-29(13-11-25)33(31,32)23-16-28(2)17-26-23/h3-9,14,16-17,22H,10-13,15H2,1-2H3,(H,27,30). The van der Waals surface area contributed by atoms with E-state index in [9.17, 15) is 13.2 Å². The molecule has 1 fully saturated rings. The Hall–Kier alpha value is -2.97. The van der Waals surface area contributed by atoms with E-state index in [0.717, 1.165) is 12.0 Å². The highest BCUT2D eigenvalue weighted by Gasteiger charge is 2.50. The van der Waals surface area contributed by atoms with Crippen LogP contribution in [0, 0.1) is 6.92 Å². The summed E-state index contributed by atoms with van der Waals surface area (Å²) in [6.07, 6.45) is 5.09. The zero-order valence-electron chi connectivity index (χ0n) is 18.9. The maximum Gasteiger partial charge on any atom is 0.262 e. The molecule has 0 radical (unpaired) electrons. The Morgan fingerprint density at radius 3 is 2.58 bits per heavy atom. The lowest BCUT2D eigenvalue weighted by Gasteiger charge is -2.43. The van der Waals surface area contributed by atoms with Crippen molar-refractivity contribution in [2.75, 3.05) is 13.1 Å². The Morgan fingerprint density at radius 2 is 1.88 bits per heavy atom. The summed E-state index contributed by atoms with van der Waals surface area (Å²) in [7, 11) is -1.88. The quantitative estimate of drug-likeness (QED) is 0.644. The van der Waals surface area contributed by atoms with Gasteiger partial charge in [0, 0.05) is 43.4 Å². The van der Waals surface area contributed by atoms with Gasteiger partial charge in [0.25, 0.3) is 15.9 Å². The van der Waals surface area contributed by atoms with Gasteiger partial charge in [-0.2, -0.15) is 4.31 Å². The zero-order chi connectivity index (χ0) is 23.2. The minimum absolute atomic E-state index is 0.0806. The Bertz CT molecular complexity index is 1310. The molecular formula is C25H28N4O3S. The lowest BCUT2D eigenvalue weighted by atomic mass is 9.71. The Kier molecular flexibility index (Phi) is 5.37. The topological polar surface area (TPSA) is 84.3 Å². The summed E-state index contributed by atoms with van der Waals surface area (Å²) in [5.41, 5.74) is 3.87. The molecule has 1 aliphatic heterocycles. The lowest BCUT2D eigenvalue weighted by molar-refractivity contribution is 0.0896. The number of carbonyl (C=O) groups excluding carboxylic acids is 1. The van der Waals surface area contributed by atoms with Gasteiger partial charge in [-0.1, -0.05) is 42.0 Å². The largest absolute Gasteiger partial charge is 0.348 e. The number of sulfonamides is 1. The normalized spacial score (nSPS) is 20.0. The van der Waals surface area contributed by atoms with E-state index in [4.69, 9.17) is 0 Å². The monoisotopic (exact) mass is 464 g/mol. The summed E-state index contributed by atoms with van der Waals surface area (Å²) in [4.78, 5) is 17.2. The number of aryl methyl sites for hydroxylation is 2. The van der Waals surface area contributed by atoms with Crippen LogP contribution in [0.3, 0.4) is 0 Å². The molecule has 0 saturated carbocycles. The summed E-state index contributed by atoms with van der Waals surface area (Å²) in [6, 6.07) is 15.8. The highest BCUT2D eigenvalue weighted by molar-refractivity contribution is 7.89. The molecule has 1 aliphatic carbocycles. The van der Waals surface area contributed by atoms with Gasteiger partial charge in [0.05, 0.1) is 6.33 Å². The molecule has 1 N–H and O–H groups in total. The molecule has 172 valence electrons. The van der Waals surface area contributed by atoms with Crippen molar-refractivity contribution in [1.29, 1.82) is 0 Å². The molecule has 0 bridgehead atoms. The highest BCUT2D eigenvalue weighted by Crippen LogP contribution is 2.47. The molecular weight excluding hydrogens is 436 g/mol. The third-order valence-electron chi connectivity index (χ3n) is 7.13. The van der Waals surface area contributed by atoms with Crippen LogP contribution in [0.1, 0.15) is 39.9 Å². The van der Waals surface area contributed by atoms with Crippen LogP contribution in [0.2, 0.25) is 0 Å². The molecule has 2 heterocycles. The molecule has 1 spiro atoms. The number of nitrogens with zero attached hydrogens (tertiary/aromatic N) is 3. The molecule has 3 aromatic rings. The first-order valence-corrected chi connectivity index (χ1v) is 12.7. The van der Waals surface area contributed by atoms with Crippen molar-refractivity contribution in [3.8, 4) is 0 Å². The van der Waals surface area contributed by atoms with E-state index >= 15 is 0 Å². The van der Waals surface area contributed by atoms with Gasteiger partial charge >= 0.3 is 0 Å². The number of aromatic nitrogens is 2. The first kappa shape index (κ1) is 21.9. The maximum absolute atomic E-state index is 13.1. The number of rotatable bonds is 4. The van der Waals surface area contributed by atoms with Crippen LogP contribution in [0.25, 0.3) is 0 Å². The van der Waals surface area contributed by atoms with Crippen LogP contribution in [-0.4, -0.2) is 47.3 Å². The van der Waals surface area contributed by atoms with Gasteiger partial charge in [-0.05, 0) is 49.4 Å². The smallest absolute Gasteiger partial charge is 0.262 e. The van der Waals surface area contributed by atoms with E-state index in [0.29, 0.717) is 31.5 Å². The van der Waals surface area contributed by atoms with Gasteiger partial charge in [-0.25, -0.2) is 13.4 Å². The van der Waals surface area contributed by atoms with E-state index in [1.807, 2.05) is 43.3 Å². The van der Waals surface area contributed by atoms with Gasteiger partial charge < -0.3 is 9.88 Å². The average Bonchev–Trinajstić information content (AvgIpc) is 3.37. The fourth-order valence-corrected chi connectivity index (χ4v) is 6.81. The van der Waals surface area contributed by atoms with E-state index in [1.165, 1.54) is 28.0 Å². The summed E-state index contributed by atoms with van der Waals surface area (Å²) >= 11 is 0. The fraction of sp³-hybridized carbons (Fsp3) is 0.360. The highest BCUT2D eigenvalue weighted by atomic mass is 32.2. The van der Waals surface area contributed by atoms with E-state index in [1.54, 1.807) is 11.6 Å². The predicted octanol–water partition coefficient (Wildman–Crippen LogP) is 2.81. The Balaban J connectivity index is 1.41. The van der Waals surface area contributed by atoms with E-state index < -0.39 is 10.0 Å². The number of amides is 1. The van der Waals surface area contributed by atoms with Crippen LogP contribution in [0.4, 0.5) is 0 Å². The molecule has 1 saturated heterocycles. The second-order valence-corrected chi connectivity index (χ2v) is 11.1. The van der Waals surface area contributed by atoms with Crippen LogP contribution in [-0.2, 0) is 28.9 Å². The molecule has 7 nitrogen and oxygen atoms in total. The zero-order valence-corrected chi connectivity index (χ0v) is 19.7. The minimum atomic E-state index is -3.64. The molecule has 1 amide bonds. The third-order valence-corrected chi connectivity index (χ3v) is 8.91. The second-order valence-electron chi connectivity index (χ2n) is 9.19. The molecule has 5 rings (SSSR count). The maximum atomic E-state index is 13.1. The summed E-state index contributed by atoms with van der Waals surface area (Å²) in [5, 5.41) is 3.38. The van der Waals surface area contributed by atoms with Gasteiger partial charge in [-0.15, -0.1) is 0 Å². The summed E-state index contributed by atoms with van der Waals surface area (Å²) < 4.78 is 29.4. The Labute approximate surface area is 194 Å². The van der Waals surface area contributed by atoms with Crippen molar-refractivity contribution in [1.82, 2.24) is 19.2 Å². The van der Waals surface area contributed by atoms with Gasteiger partial charge in [0.2, 0.25) is 0 Å². The van der Waals surface area contributed by atoms with E-state index in [2.05, 4.69) is 22.4 Å². The number of fused-ring (bicyclic) bond motifs is 2. The summed E-state index contributed by atoms with van der Waals surface area (Å²) in [5.74, 6) is -0.0839.